The Morgan fingerprint density at radius 2 is 1.94 bits per heavy atom. The molecule has 1 aromatic heterocycles. The van der Waals surface area contributed by atoms with E-state index in [0.29, 0.717) is 10.9 Å². The van der Waals surface area contributed by atoms with Gasteiger partial charge in [-0.25, -0.2) is 9.78 Å². The van der Waals surface area contributed by atoms with Crippen LogP contribution in [-0.4, -0.2) is 83.3 Å². The van der Waals surface area contributed by atoms with Crippen LogP contribution in [0, 0.1) is 11.8 Å². The summed E-state index contributed by atoms with van der Waals surface area (Å²) in [5, 5.41) is 13.4. The van der Waals surface area contributed by atoms with Gasteiger partial charge in [0.15, 0.2) is 17.8 Å². The minimum Gasteiger partial charge on any atom is -0.505 e. The highest BCUT2D eigenvalue weighted by atomic mass is 16.6. The van der Waals surface area contributed by atoms with Gasteiger partial charge in [-0.1, -0.05) is 32.0 Å². The first-order valence-electron chi connectivity index (χ1n) is 11.8. The summed E-state index contributed by atoms with van der Waals surface area (Å²) < 4.78 is 16.5. The number of aromatic nitrogens is 1. The molecule has 4 rings (SSSR count). The smallest absolute Gasteiger partial charge is 0.332 e. The predicted octanol–water partition coefficient (Wildman–Crippen LogP) is 1.03. The van der Waals surface area contributed by atoms with Crippen LogP contribution < -0.4 is 5.32 Å². The molecular weight excluding hydrogens is 470 g/mol. The lowest BCUT2D eigenvalue weighted by Gasteiger charge is -2.29. The number of esters is 3. The van der Waals surface area contributed by atoms with Crippen molar-refractivity contribution in [1.82, 2.24) is 15.2 Å². The van der Waals surface area contributed by atoms with Crippen LogP contribution in [0.3, 0.4) is 0 Å². The number of cyclic esters (lactones) is 2. The average Bonchev–Trinajstić information content (AvgIpc) is 3.66. The minimum absolute atomic E-state index is 0.280. The number of nitrogens with one attached hydrogen (secondary N) is 1. The molecule has 11 nitrogen and oxygen atoms in total. The molecule has 1 amide bonds. The fourth-order valence-corrected chi connectivity index (χ4v) is 3.89. The Morgan fingerprint density at radius 1 is 1.22 bits per heavy atom. The third-order valence-corrected chi connectivity index (χ3v) is 6.08. The monoisotopic (exact) mass is 499 g/mol. The quantitative estimate of drug-likeness (QED) is 0.336. The lowest BCUT2D eigenvalue weighted by Crippen LogP contribution is -2.47. The standard InChI is InChI=1S/C25H29N3O8/c1-13(2)23(31)36-21-14(3)35-25(33)18(12-34-24(32)16(21)11-28-8-9-28)27-22(30)20-19(29)10-15-6-4-5-7-17(15)26-20/h4-7,10,13-14,16,18,21,29H,8-9,11-12H2,1-3H3,(H,27,30)/t14?,16-,18+,21?/m1/s1. The molecule has 3 heterocycles. The summed E-state index contributed by atoms with van der Waals surface area (Å²) in [5.41, 5.74) is 0.189. The molecule has 1 aromatic carbocycles. The molecule has 192 valence electrons. The van der Waals surface area contributed by atoms with E-state index in [1.807, 2.05) is 4.90 Å². The number of benzene rings is 1. The van der Waals surface area contributed by atoms with E-state index in [0.717, 1.165) is 13.1 Å². The van der Waals surface area contributed by atoms with E-state index in [4.69, 9.17) is 14.2 Å². The van der Waals surface area contributed by atoms with Gasteiger partial charge < -0.3 is 24.6 Å². The second kappa shape index (κ2) is 10.5. The molecule has 2 N–H and O–H groups in total. The van der Waals surface area contributed by atoms with Crippen LogP contribution in [0.4, 0.5) is 0 Å². The predicted molar refractivity (Wildman–Crippen MR) is 126 cm³/mol. The first-order valence-corrected chi connectivity index (χ1v) is 11.8. The molecule has 11 heteroatoms. The van der Waals surface area contributed by atoms with Gasteiger partial charge in [0, 0.05) is 25.0 Å². The van der Waals surface area contributed by atoms with Crippen molar-refractivity contribution >= 4 is 34.7 Å². The molecule has 2 aromatic rings. The van der Waals surface area contributed by atoms with Crippen molar-refractivity contribution < 1.29 is 38.5 Å². The molecule has 0 radical (unpaired) electrons. The van der Waals surface area contributed by atoms with E-state index < -0.39 is 60.5 Å². The summed E-state index contributed by atoms with van der Waals surface area (Å²) in [4.78, 5) is 57.4. The van der Waals surface area contributed by atoms with Crippen molar-refractivity contribution in [3.8, 4) is 5.75 Å². The summed E-state index contributed by atoms with van der Waals surface area (Å²) in [6.07, 6.45) is -2.04. The fraction of sp³-hybridized carbons (Fsp3) is 0.480. The molecule has 0 aliphatic carbocycles. The van der Waals surface area contributed by atoms with Gasteiger partial charge in [-0.3, -0.25) is 19.3 Å². The molecule has 0 spiro atoms. The molecule has 0 bridgehead atoms. The van der Waals surface area contributed by atoms with Crippen LogP contribution in [0.2, 0.25) is 0 Å². The summed E-state index contributed by atoms with van der Waals surface area (Å²) in [6, 6.07) is 6.95. The van der Waals surface area contributed by atoms with Gasteiger partial charge in [-0.2, -0.15) is 0 Å². The highest BCUT2D eigenvalue weighted by Crippen LogP contribution is 2.25. The number of para-hydroxylation sites is 1. The zero-order chi connectivity index (χ0) is 26.0. The zero-order valence-electron chi connectivity index (χ0n) is 20.3. The number of carbonyl (C=O) groups is 4. The van der Waals surface area contributed by atoms with Gasteiger partial charge in [-0.05, 0) is 19.1 Å². The van der Waals surface area contributed by atoms with Gasteiger partial charge in [-0.15, -0.1) is 0 Å². The SMILES string of the molecule is CC(C)C(=O)OC1C(C)OC(=O)[C@@H](NC(=O)c2nc3ccccc3cc2O)COC(=O)[C@@H]1CN1CC1. The molecular formula is C25H29N3O8. The highest BCUT2D eigenvalue weighted by Gasteiger charge is 2.44. The van der Waals surface area contributed by atoms with Gasteiger partial charge in [0.1, 0.15) is 24.4 Å². The van der Waals surface area contributed by atoms with E-state index in [2.05, 4.69) is 10.3 Å². The number of hydrogen-bond donors (Lipinski definition) is 2. The maximum atomic E-state index is 13.0. The van der Waals surface area contributed by atoms with Crippen LogP contribution in [-0.2, 0) is 28.6 Å². The number of hydrogen-bond acceptors (Lipinski definition) is 10. The largest absolute Gasteiger partial charge is 0.505 e. The second-order valence-corrected chi connectivity index (χ2v) is 9.31. The van der Waals surface area contributed by atoms with E-state index in [1.165, 1.54) is 13.0 Å². The molecule has 2 aliphatic heterocycles. The Bertz CT molecular complexity index is 1180. The Hall–Kier alpha value is -3.73. The van der Waals surface area contributed by atoms with Gasteiger partial charge in [0.2, 0.25) is 0 Å². The molecule has 0 saturated carbocycles. The fourth-order valence-electron chi connectivity index (χ4n) is 3.89. The zero-order valence-corrected chi connectivity index (χ0v) is 20.3. The van der Waals surface area contributed by atoms with Crippen molar-refractivity contribution in [3.63, 3.8) is 0 Å². The van der Waals surface area contributed by atoms with Crippen LogP contribution in [0.5, 0.6) is 5.75 Å². The normalized spacial score (nSPS) is 24.8. The second-order valence-electron chi connectivity index (χ2n) is 9.31. The van der Waals surface area contributed by atoms with Crippen LogP contribution in [0.25, 0.3) is 10.9 Å². The van der Waals surface area contributed by atoms with Crippen LogP contribution >= 0.6 is 0 Å². The van der Waals surface area contributed by atoms with Crippen LogP contribution in [0.1, 0.15) is 31.3 Å². The topological polar surface area (TPSA) is 144 Å². The third kappa shape index (κ3) is 5.73. The van der Waals surface area contributed by atoms with Gasteiger partial charge in [0.05, 0.1) is 11.4 Å². The van der Waals surface area contributed by atoms with E-state index in [-0.39, 0.29) is 18.0 Å². The number of amides is 1. The summed E-state index contributed by atoms with van der Waals surface area (Å²) in [7, 11) is 0. The molecule has 2 fully saturated rings. The Morgan fingerprint density at radius 3 is 2.64 bits per heavy atom. The van der Waals surface area contributed by atoms with Crippen molar-refractivity contribution in [2.75, 3.05) is 26.2 Å². The average molecular weight is 500 g/mol. The lowest BCUT2D eigenvalue weighted by atomic mass is 9.97. The Kier molecular flexibility index (Phi) is 7.39. The van der Waals surface area contributed by atoms with Crippen LogP contribution in [0.15, 0.2) is 30.3 Å². The molecule has 4 atom stereocenters. The third-order valence-electron chi connectivity index (χ3n) is 6.08. The minimum atomic E-state index is -1.36. The first kappa shape index (κ1) is 25.4. The summed E-state index contributed by atoms with van der Waals surface area (Å²) in [5.74, 6) is -4.61. The van der Waals surface area contributed by atoms with E-state index in [9.17, 15) is 24.3 Å². The number of rotatable bonds is 6. The van der Waals surface area contributed by atoms with E-state index >= 15 is 0 Å². The molecule has 2 saturated heterocycles. The number of ether oxygens (including phenoxy) is 3. The Labute approximate surface area is 207 Å². The van der Waals surface area contributed by atoms with Crippen molar-refractivity contribution in [2.24, 2.45) is 11.8 Å². The Balaban J connectivity index is 1.55. The van der Waals surface area contributed by atoms with Gasteiger partial charge in [0.25, 0.3) is 5.91 Å². The summed E-state index contributed by atoms with van der Waals surface area (Å²) >= 11 is 0. The number of carbonyl (C=O) groups excluding carboxylic acids is 4. The summed E-state index contributed by atoms with van der Waals surface area (Å²) in [6.45, 7) is 6.23. The van der Waals surface area contributed by atoms with Gasteiger partial charge >= 0.3 is 17.9 Å². The highest BCUT2D eigenvalue weighted by molar-refractivity contribution is 5.99. The molecule has 2 unspecified atom stereocenters. The lowest BCUT2D eigenvalue weighted by molar-refractivity contribution is -0.176. The van der Waals surface area contributed by atoms with Crippen molar-refractivity contribution in [2.45, 2.75) is 39.0 Å². The number of fused-ring (bicyclic) bond motifs is 1. The molecule has 36 heavy (non-hydrogen) atoms. The van der Waals surface area contributed by atoms with Crippen molar-refractivity contribution in [1.29, 1.82) is 0 Å². The van der Waals surface area contributed by atoms with E-state index in [1.54, 1.807) is 38.1 Å². The van der Waals surface area contributed by atoms with Crippen molar-refractivity contribution in [3.05, 3.63) is 36.0 Å². The number of aromatic hydroxyl groups is 1. The maximum Gasteiger partial charge on any atom is 0.332 e. The first-order chi connectivity index (χ1) is 17.1. The maximum absolute atomic E-state index is 13.0. The molecule has 2 aliphatic rings. The number of nitrogens with zero attached hydrogens (tertiary/aromatic N) is 2. The number of pyridine rings is 1.